The summed E-state index contributed by atoms with van der Waals surface area (Å²) in [7, 11) is 0. The van der Waals surface area contributed by atoms with E-state index in [2.05, 4.69) is 0 Å². The summed E-state index contributed by atoms with van der Waals surface area (Å²) in [5.74, 6) is -91.4. The van der Waals surface area contributed by atoms with Crippen molar-refractivity contribution in [1.29, 1.82) is 0 Å². The third-order valence-corrected chi connectivity index (χ3v) is 10.0. The molecule has 71 heavy (non-hydrogen) atoms. The Kier molecular flexibility index (Phi) is 12.7. The molecule has 0 saturated carbocycles. The lowest BCUT2D eigenvalue weighted by molar-refractivity contribution is 0.379. The van der Waals surface area contributed by atoms with Crippen LogP contribution >= 0.6 is 0 Å². The monoisotopic (exact) mass is 1050 g/mol. The van der Waals surface area contributed by atoms with Crippen molar-refractivity contribution in [2.45, 2.75) is 0 Å². The third-order valence-electron chi connectivity index (χ3n) is 10.0. The maximum Gasteiger partial charge on any atom is 0.200 e. The van der Waals surface area contributed by atoms with Gasteiger partial charge in [0.2, 0.25) is 23.3 Å². The average Bonchev–Trinajstić information content (AvgIpc) is 3.34. The molecule has 0 fully saturated rings. The first-order chi connectivity index (χ1) is 32.9. The van der Waals surface area contributed by atoms with E-state index < -0.39 is 248 Å². The highest BCUT2D eigenvalue weighted by Gasteiger charge is 2.42. The van der Waals surface area contributed by atoms with Gasteiger partial charge in [-0.25, -0.2) is 123 Å². The van der Waals surface area contributed by atoms with E-state index >= 15 is 52.7 Å². The highest BCUT2D eigenvalue weighted by atomic mass is 19.2. The molecular formula is C42H3F28N. The van der Waals surface area contributed by atoms with Crippen molar-refractivity contribution in [3.63, 3.8) is 0 Å². The highest BCUT2D eigenvalue weighted by molar-refractivity contribution is 5.88. The van der Waals surface area contributed by atoms with Crippen molar-refractivity contribution < 1.29 is 123 Å². The second-order valence-electron chi connectivity index (χ2n) is 13.8. The number of hydrogen-bond acceptors (Lipinski definition) is 1. The topological polar surface area (TPSA) is 3.24 Å². The van der Waals surface area contributed by atoms with Crippen LogP contribution in [-0.2, 0) is 0 Å². The zero-order valence-electron chi connectivity index (χ0n) is 32.3. The molecule has 0 saturated heterocycles. The molecule has 7 aromatic carbocycles. The zero-order valence-corrected chi connectivity index (χ0v) is 32.3. The Bertz CT molecular complexity index is 3130. The minimum atomic E-state index is -3.61. The fourth-order valence-corrected chi connectivity index (χ4v) is 6.84. The van der Waals surface area contributed by atoms with Crippen LogP contribution in [0.2, 0.25) is 0 Å². The molecule has 0 aliphatic heterocycles. The number of anilines is 3. The molecule has 0 atom stereocenters. The second kappa shape index (κ2) is 17.7. The van der Waals surface area contributed by atoms with E-state index in [1.54, 1.807) is 0 Å². The molecule has 1 nitrogen and oxygen atoms in total. The summed E-state index contributed by atoms with van der Waals surface area (Å²) in [6, 6.07) is -1.54. The van der Waals surface area contributed by atoms with Crippen molar-refractivity contribution >= 4 is 17.1 Å². The van der Waals surface area contributed by atoms with Crippen LogP contribution in [0, 0.1) is 163 Å². The summed E-state index contributed by atoms with van der Waals surface area (Å²) >= 11 is 0. The van der Waals surface area contributed by atoms with Gasteiger partial charge in [-0.05, 0) is 29.3 Å². The third kappa shape index (κ3) is 7.31. The number of nitrogens with zero attached hydrogens (tertiary/aromatic N) is 1. The maximum absolute atomic E-state index is 16.5. The molecule has 7 aromatic rings. The van der Waals surface area contributed by atoms with Gasteiger partial charge in [-0.2, -0.15) is 0 Å². The Balaban J connectivity index is 1.74. The molecule has 0 N–H and O–H groups in total. The fraction of sp³-hybridized carbons (Fsp3) is 0. The minimum absolute atomic E-state index is 0.390. The van der Waals surface area contributed by atoms with Gasteiger partial charge < -0.3 is 0 Å². The summed E-state index contributed by atoms with van der Waals surface area (Å²) in [6.45, 7) is 0. The molecule has 0 amide bonds. The van der Waals surface area contributed by atoms with E-state index in [1.165, 1.54) is 0 Å². The lowest BCUT2D eigenvalue weighted by atomic mass is 9.94. The number of benzene rings is 7. The molecule has 0 unspecified atom stereocenters. The fourth-order valence-electron chi connectivity index (χ4n) is 6.84. The zero-order chi connectivity index (χ0) is 53.2. The lowest BCUT2D eigenvalue weighted by Gasteiger charge is -2.29. The molecule has 0 radical (unpaired) electrons. The van der Waals surface area contributed by atoms with Crippen LogP contribution in [0.25, 0.3) is 44.5 Å². The minimum Gasteiger partial charge on any atom is -0.300 e. The number of hydrogen-bond donors (Lipinski definition) is 0. The summed E-state index contributed by atoms with van der Waals surface area (Å²) in [5.41, 5.74) is -30.1. The normalized spacial score (nSPS) is 11.7. The van der Waals surface area contributed by atoms with E-state index in [-0.39, 0.29) is 0 Å². The van der Waals surface area contributed by atoms with Gasteiger partial charge in [0.15, 0.2) is 140 Å². The first kappa shape index (κ1) is 51.2. The molecule has 0 spiro atoms. The van der Waals surface area contributed by atoms with Crippen LogP contribution < -0.4 is 4.90 Å². The smallest absolute Gasteiger partial charge is 0.200 e. The van der Waals surface area contributed by atoms with Crippen LogP contribution in [0.4, 0.5) is 140 Å². The van der Waals surface area contributed by atoms with Crippen LogP contribution in [0.5, 0.6) is 0 Å². The molecule has 0 bridgehead atoms. The SMILES string of the molecule is Fc1c(F)c(F)c(-c2cc(-c3c(F)c(F)c(F)c(F)c3F)cc(N(c3c(F)c(F)c(-c4c(F)c(F)c(F)c(F)c4F)c(F)c3F)c3c(F)c(F)c(-c4c(F)c(F)c(F)c(F)c4F)c(F)c3F)c2)c(F)c1F. The lowest BCUT2D eigenvalue weighted by Crippen LogP contribution is -2.22. The highest BCUT2D eigenvalue weighted by Crippen LogP contribution is 2.51. The van der Waals surface area contributed by atoms with Crippen molar-refractivity contribution in [2.75, 3.05) is 4.90 Å². The Morgan fingerprint density at radius 1 is 0.169 bits per heavy atom. The van der Waals surface area contributed by atoms with Gasteiger partial charge >= 0.3 is 0 Å². The molecule has 0 heterocycles. The van der Waals surface area contributed by atoms with E-state index in [1.807, 2.05) is 0 Å². The predicted octanol–water partition coefficient (Wildman–Crippen LogP) is 15.7. The molecule has 0 aliphatic rings. The first-order valence-corrected chi connectivity index (χ1v) is 17.7. The first-order valence-electron chi connectivity index (χ1n) is 17.7. The molecule has 29 heteroatoms. The Labute approximate surface area is 370 Å². The molecule has 372 valence electrons. The van der Waals surface area contributed by atoms with E-state index in [0.717, 1.165) is 0 Å². The van der Waals surface area contributed by atoms with Gasteiger partial charge in [0, 0.05) is 5.69 Å². The molecule has 0 aromatic heterocycles. The standard InChI is InChI=1S/C42H3F28N/c43-13-7(14(44)26(56)33(63)25(13)55)4-1-5(8-15(45)27(57)34(64)28(58)16(8)46)3-6(2-4)71(41-37(67)21(51)11(22(52)38(41)68)9-17(47)29(59)35(65)30(60)18(9)48)42-39(69)23(53)12(24(54)40(42)70)10-19(49)31(61)36(66)32(62)20(10)50/h1-3H. The van der Waals surface area contributed by atoms with Gasteiger partial charge in [0.1, 0.15) is 11.4 Å². The summed E-state index contributed by atoms with van der Waals surface area (Å²) in [5, 5.41) is 0. The number of halogens is 28. The van der Waals surface area contributed by atoms with Crippen LogP contribution in [0.1, 0.15) is 0 Å². The van der Waals surface area contributed by atoms with Gasteiger partial charge in [-0.3, -0.25) is 4.90 Å². The second-order valence-corrected chi connectivity index (χ2v) is 13.8. The molecule has 0 aliphatic carbocycles. The van der Waals surface area contributed by atoms with Crippen LogP contribution in [0.3, 0.4) is 0 Å². The molecular weight excluding hydrogens is 1050 g/mol. The van der Waals surface area contributed by atoms with Crippen LogP contribution in [-0.4, -0.2) is 0 Å². The van der Waals surface area contributed by atoms with E-state index in [0.29, 0.717) is 0 Å². The van der Waals surface area contributed by atoms with Crippen molar-refractivity contribution in [3.8, 4) is 44.5 Å². The maximum atomic E-state index is 16.5. The molecule has 7 rings (SSSR count). The van der Waals surface area contributed by atoms with Gasteiger partial charge in [-0.15, -0.1) is 0 Å². The van der Waals surface area contributed by atoms with Gasteiger partial charge in [0.05, 0.1) is 33.4 Å². The van der Waals surface area contributed by atoms with Crippen molar-refractivity contribution in [3.05, 3.63) is 181 Å². The van der Waals surface area contributed by atoms with E-state index in [4.69, 9.17) is 0 Å². The Hall–Kier alpha value is -7.62. The van der Waals surface area contributed by atoms with Gasteiger partial charge in [-0.1, -0.05) is 0 Å². The Morgan fingerprint density at radius 3 is 0.521 bits per heavy atom. The largest absolute Gasteiger partial charge is 0.300 e. The Morgan fingerprint density at radius 2 is 0.324 bits per heavy atom. The quantitative estimate of drug-likeness (QED) is 0.0874. The predicted molar refractivity (Wildman–Crippen MR) is 182 cm³/mol. The average molecular weight is 1050 g/mol. The van der Waals surface area contributed by atoms with Crippen molar-refractivity contribution in [1.82, 2.24) is 0 Å². The summed E-state index contributed by atoms with van der Waals surface area (Å²) in [6.07, 6.45) is 0. The van der Waals surface area contributed by atoms with Crippen molar-refractivity contribution in [2.24, 2.45) is 0 Å². The van der Waals surface area contributed by atoms with Gasteiger partial charge in [0.25, 0.3) is 0 Å². The summed E-state index contributed by atoms with van der Waals surface area (Å²) in [4.78, 5) is -1.54. The van der Waals surface area contributed by atoms with E-state index in [9.17, 15) is 70.2 Å². The number of rotatable bonds is 7. The summed E-state index contributed by atoms with van der Waals surface area (Å²) < 4.78 is 422. The van der Waals surface area contributed by atoms with Crippen LogP contribution in [0.15, 0.2) is 18.2 Å².